The SMILES string of the molecule is C=C(C)SCc1cc(-c2ccc(Cl)cc2)n(-c2ccc(S(N)(=O)=O)cc2)n1. The van der Waals surface area contributed by atoms with E-state index >= 15 is 0 Å². The van der Waals surface area contributed by atoms with Crippen LogP contribution in [0.5, 0.6) is 0 Å². The number of primary sulfonamides is 1. The van der Waals surface area contributed by atoms with E-state index in [4.69, 9.17) is 16.7 Å². The summed E-state index contributed by atoms with van der Waals surface area (Å²) in [6, 6.07) is 15.8. The summed E-state index contributed by atoms with van der Waals surface area (Å²) in [6.07, 6.45) is 0. The Kier molecular flexibility index (Phi) is 5.76. The van der Waals surface area contributed by atoms with Crippen LogP contribution in [0.25, 0.3) is 16.9 Å². The van der Waals surface area contributed by atoms with Crippen LogP contribution >= 0.6 is 23.4 Å². The number of rotatable bonds is 6. The third-order valence-corrected chi connectivity index (χ3v) is 5.89. The molecule has 0 unspecified atom stereocenters. The van der Waals surface area contributed by atoms with Crippen LogP contribution in [0.3, 0.4) is 0 Å². The summed E-state index contributed by atoms with van der Waals surface area (Å²) in [6.45, 7) is 5.86. The Balaban J connectivity index is 2.06. The van der Waals surface area contributed by atoms with Gasteiger partial charge in [0.2, 0.25) is 10.0 Å². The van der Waals surface area contributed by atoms with Crippen molar-refractivity contribution < 1.29 is 8.42 Å². The number of halogens is 1. The van der Waals surface area contributed by atoms with Crippen LogP contribution in [0.2, 0.25) is 5.02 Å². The van der Waals surface area contributed by atoms with Gasteiger partial charge in [0, 0.05) is 16.3 Å². The summed E-state index contributed by atoms with van der Waals surface area (Å²) in [5, 5.41) is 10.5. The lowest BCUT2D eigenvalue weighted by Gasteiger charge is -2.08. The molecule has 2 N–H and O–H groups in total. The Morgan fingerprint density at radius 2 is 1.81 bits per heavy atom. The lowest BCUT2D eigenvalue weighted by Crippen LogP contribution is -2.12. The van der Waals surface area contributed by atoms with Gasteiger partial charge < -0.3 is 0 Å². The quantitative estimate of drug-likeness (QED) is 0.632. The molecule has 5 nitrogen and oxygen atoms in total. The van der Waals surface area contributed by atoms with Gasteiger partial charge in [-0.15, -0.1) is 11.8 Å². The maximum absolute atomic E-state index is 11.5. The fraction of sp³-hybridized carbons (Fsp3) is 0.105. The van der Waals surface area contributed by atoms with Crippen molar-refractivity contribution in [1.82, 2.24) is 9.78 Å². The lowest BCUT2D eigenvalue weighted by atomic mass is 10.1. The molecule has 1 heterocycles. The van der Waals surface area contributed by atoms with Crippen LogP contribution in [0.15, 0.2) is 71.0 Å². The third kappa shape index (κ3) is 4.81. The minimum absolute atomic E-state index is 0.0597. The number of nitrogens with two attached hydrogens (primary N) is 1. The number of aromatic nitrogens is 2. The van der Waals surface area contributed by atoms with Gasteiger partial charge in [0.1, 0.15) is 0 Å². The molecular weight excluding hydrogens is 402 g/mol. The van der Waals surface area contributed by atoms with Gasteiger partial charge in [-0.25, -0.2) is 18.2 Å². The van der Waals surface area contributed by atoms with Gasteiger partial charge in [-0.3, -0.25) is 0 Å². The Morgan fingerprint density at radius 3 is 2.37 bits per heavy atom. The fourth-order valence-electron chi connectivity index (χ4n) is 2.50. The van der Waals surface area contributed by atoms with Crippen molar-refractivity contribution in [3.05, 3.63) is 76.8 Å². The molecule has 0 aliphatic heterocycles. The smallest absolute Gasteiger partial charge is 0.233 e. The summed E-state index contributed by atoms with van der Waals surface area (Å²) in [5.41, 5.74) is 3.46. The summed E-state index contributed by atoms with van der Waals surface area (Å²) in [5.74, 6) is 0.693. The van der Waals surface area contributed by atoms with Crippen LogP contribution in [-0.4, -0.2) is 18.2 Å². The standard InChI is InChI=1S/C19H18ClN3O2S2/c1-13(2)26-12-16-11-19(14-3-5-15(20)6-4-14)23(22-16)17-7-9-18(10-8-17)27(21,24)25/h3-11H,1,12H2,2H3,(H2,21,24,25). The van der Waals surface area contributed by atoms with E-state index < -0.39 is 10.0 Å². The van der Waals surface area contributed by atoms with Gasteiger partial charge >= 0.3 is 0 Å². The molecule has 0 aliphatic carbocycles. The molecule has 0 spiro atoms. The molecule has 3 aromatic rings. The van der Waals surface area contributed by atoms with Crippen LogP contribution in [0, 0.1) is 0 Å². The Bertz CT molecular complexity index is 1070. The summed E-state index contributed by atoms with van der Waals surface area (Å²) >= 11 is 7.62. The minimum atomic E-state index is -3.74. The first kappa shape index (κ1) is 19.7. The molecule has 140 valence electrons. The molecule has 0 amide bonds. The summed E-state index contributed by atoms with van der Waals surface area (Å²) in [7, 11) is -3.74. The number of allylic oxidation sites excluding steroid dienone is 1. The lowest BCUT2D eigenvalue weighted by molar-refractivity contribution is 0.598. The number of thioether (sulfide) groups is 1. The number of benzene rings is 2. The highest BCUT2D eigenvalue weighted by molar-refractivity contribution is 8.02. The van der Waals surface area contributed by atoms with E-state index in [1.165, 1.54) is 12.1 Å². The summed E-state index contributed by atoms with van der Waals surface area (Å²) < 4.78 is 24.8. The first-order valence-corrected chi connectivity index (χ1v) is 10.9. The number of hydrogen-bond donors (Lipinski definition) is 1. The maximum atomic E-state index is 11.5. The number of hydrogen-bond acceptors (Lipinski definition) is 4. The Morgan fingerprint density at radius 1 is 1.19 bits per heavy atom. The van der Waals surface area contributed by atoms with E-state index in [1.807, 2.05) is 37.3 Å². The molecule has 27 heavy (non-hydrogen) atoms. The second-order valence-electron chi connectivity index (χ2n) is 5.97. The first-order valence-electron chi connectivity index (χ1n) is 8.00. The highest BCUT2D eigenvalue weighted by Gasteiger charge is 2.14. The van der Waals surface area contributed by atoms with Gasteiger partial charge in [-0.05, 0) is 54.3 Å². The van der Waals surface area contributed by atoms with Crippen molar-refractivity contribution in [2.45, 2.75) is 17.6 Å². The normalized spacial score (nSPS) is 11.5. The van der Waals surface area contributed by atoms with Crippen LogP contribution < -0.4 is 5.14 Å². The van der Waals surface area contributed by atoms with Gasteiger partial charge in [-0.1, -0.05) is 30.3 Å². The zero-order valence-electron chi connectivity index (χ0n) is 14.6. The van der Waals surface area contributed by atoms with Crippen molar-refractivity contribution in [3.8, 4) is 16.9 Å². The highest BCUT2D eigenvalue weighted by atomic mass is 35.5. The minimum Gasteiger partial charge on any atom is -0.233 e. The van der Waals surface area contributed by atoms with Crippen LogP contribution in [0.1, 0.15) is 12.6 Å². The monoisotopic (exact) mass is 419 g/mol. The average molecular weight is 420 g/mol. The van der Waals surface area contributed by atoms with E-state index in [0.717, 1.165) is 27.5 Å². The topological polar surface area (TPSA) is 78.0 Å². The van der Waals surface area contributed by atoms with Gasteiger partial charge in [0.05, 0.1) is 22.0 Å². The molecule has 0 radical (unpaired) electrons. The largest absolute Gasteiger partial charge is 0.238 e. The van der Waals surface area contributed by atoms with E-state index in [-0.39, 0.29) is 4.90 Å². The zero-order valence-corrected chi connectivity index (χ0v) is 17.0. The molecule has 0 atom stereocenters. The molecule has 0 saturated heterocycles. The van der Waals surface area contributed by atoms with Crippen molar-refractivity contribution in [2.75, 3.05) is 0 Å². The molecule has 0 aliphatic rings. The average Bonchev–Trinajstić information content (AvgIpc) is 3.04. The van der Waals surface area contributed by atoms with E-state index in [0.29, 0.717) is 10.8 Å². The number of sulfonamides is 1. The van der Waals surface area contributed by atoms with Gasteiger partial charge in [0.25, 0.3) is 0 Å². The van der Waals surface area contributed by atoms with E-state index in [9.17, 15) is 8.42 Å². The Labute approximate surface area is 167 Å². The second-order valence-corrected chi connectivity index (χ2v) is 9.24. The molecule has 1 aromatic heterocycles. The molecular formula is C19H18ClN3O2S2. The molecule has 8 heteroatoms. The van der Waals surface area contributed by atoms with Crippen molar-refractivity contribution in [1.29, 1.82) is 0 Å². The summed E-state index contributed by atoms with van der Waals surface area (Å²) in [4.78, 5) is 1.07. The molecule has 2 aromatic carbocycles. The maximum Gasteiger partial charge on any atom is 0.238 e. The van der Waals surface area contributed by atoms with E-state index in [1.54, 1.807) is 28.6 Å². The van der Waals surface area contributed by atoms with Crippen LogP contribution in [0.4, 0.5) is 0 Å². The van der Waals surface area contributed by atoms with Gasteiger partial charge in [-0.2, -0.15) is 5.10 Å². The van der Waals surface area contributed by atoms with E-state index in [2.05, 4.69) is 11.7 Å². The predicted molar refractivity (Wildman–Crippen MR) is 111 cm³/mol. The second kappa shape index (κ2) is 7.90. The van der Waals surface area contributed by atoms with Crippen molar-refractivity contribution >= 4 is 33.4 Å². The fourth-order valence-corrected chi connectivity index (χ4v) is 3.67. The van der Waals surface area contributed by atoms with Crippen molar-refractivity contribution in [2.24, 2.45) is 5.14 Å². The molecule has 0 bridgehead atoms. The molecule has 3 rings (SSSR count). The first-order chi connectivity index (χ1) is 12.7. The number of nitrogens with zero attached hydrogens (tertiary/aromatic N) is 2. The van der Waals surface area contributed by atoms with Gasteiger partial charge in [0.15, 0.2) is 0 Å². The highest BCUT2D eigenvalue weighted by Crippen LogP contribution is 2.28. The molecule has 0 fully saturated rings. The third-order valence-electron chi connectivity index (χ3n) is 3.78. The Hall–Kier alpha value is -2.06. The predicted octanol–water partition coefficient (Wildman–Crippen LogP) is 4.61. The van der Waals surface area contributed by atoms with Crippen LogP contribution in [-0.2, 0) is 15.8 Å². The van der Waals surface area contributed by atoms with Crippen molar-refractivity contribution in [3.63, 3.8) is 0 Å². The zero-order chi connectivity index (χ0) is 19.6. The molecule has 0 saturated carbocycles.